The quantitative estimate of drug-likeness (QED) is 0.783. The van der Waals surface area contributed by atoms with Crippen molar-refractivity contribution in [1.82, 2.24) is 10.3 Å². The van der Waals surface area contributed by atoms with E-state index >= 15 is 0 Å². The Labute approximate surface area is 101 Å². The van der Waals surface area contributed by atoms with Gasteiger partial charge in [0.25, 0.3) is 5.91 Å². The fourth-order valence-electron chi connectivity index (χ4n) is 1.43. The van der Waals surface area contributed by atoms with E-state index in [1.54, 1.807) is 18.3 Å². The van der Waals surface area contributed by atoms with Crippen LogP contribution in [0.5, 0.6) is 5.75 Å². The number of ether oxygens (including phenoxy) is 1. The maximum Gasteiger partial charge on any atom is 0.258 e. The summed E-state index contributed by atoms with van der Waals surface area (Å²) in [6.07, 6.45) is 3.40. The van der Waals surface area contributed by atoms with Crippen LogP contribution in [0.15, 0.2) is 18.3 Å². The van der Waals surface area contributed by atoms with Gasteiger partial charge in [0.1, 0.15) is 0 Å². The first-order chi connectivity index (χ1) is 8.17. The molecular weight excluding hydrogens is 218 g/mol. The Bertz CT molecular complexity index is 365. The van der Waals surface area contributed by atoms with Crippen molar-refractivity contribution < 1.29 is 9.53 Å². The van der Waals surface area contributed by atoms with Gasteiger partial charge in [0.15, 0.2) is 18.2 Å². The molecule has 0 spiro atoms. The molecule has 0 bridgehead atoms. The summed E-state index contributed by atoms with van der Waals surface area (Å²) in [6.45, 7) is 4.04. The first kappa shape index (κ1) is 13.3. The number of carbonyl (C=O) groups excluding carboxylic acids is 1. The maximum atomic E-state index is 11.6. The van der Waals surface area contributed by atoms with Gasteiger partial charge < -0.3 is 15.8 Å². The minimum Gasteiger partial charge on any atom is -0.480 e. The Morgan fingerprint density at radius 1 is 1.53 bits per heavy atom. The van der Waals surface area contributed by atoms with Gasteiger partial charge >= 0.3 is 0 Å². The third-order valence-electron chi connectivity index (χ3n) is 2.51. The number of nitrogens with one attached hydrogen (secondary N) is 1. The molecule has 1 aromatic rings. The highest BCUT2D eigenvalue weighted by molar-refractivity contribution is 5.78. The van der Waals surface area contributed by atoms with Crippen LogP contribution in [0.4, 0.5) is 5.82 Å². The second kappa shape index (κ2) is 6.73. The number of aromatic nitrogens is 1. The molecular formula is C12H19N3O2. The van der Waals surface area contributed by atoms with Gasteiger partial charge in [0, 0.05) is 12.2 Å². The monoisotopic (exact) mass is 237 g/mol. The van der Waals surface area contributed by atoms with E-state index in [1.165, 1.54) is 0 Å². The Kier molecular flexibility index (Phi) is 5.26. The van der Waals surface area contributed by atoms with Crippen LogP contribution in [0.1, 0.15) is 26.7 Å². The van der Waals surface area contributed by atoms with Gasteiger partial charge in [0.05, 0.1) is 0 Å². The molecule has 0 aromatic carbocycles. The van der Waals surface area contributed by atoms with E-state index in [9.17, 15) is 4.79 Å². The van der Waals surface area contributed by atoms with Crippen LogP contribution < -0.4 is 15.8 Å². The van der Waals surface area contributed by atoms with Gasteiger partial charge in [-0.1, -0.05) is 13.8 Å². The van der Waals surface area contributed by atoms with Crippen molar-refractivity contribution >= 4 is 11.7 Å². The number of pyridine rings is 1. The molecule has 0 saturated heterocycles. The molecule has 0 fully saturated rings. The fraction of sp³-hybridized carbons (Fsp3) is 0.500. The van der Waals surface area contributed by atoms with Crippen molar-refractivity contribution in [3.8, 4) is 5.75 Å². The Morgan fingerprint density at radius 3 is 2.82 bits per heavy atom. The zero-order valence-corrected chi connectivity index (χ0v) is 10.3. The minimum absolute atomic E-state index is 0.0353. The highest BCUT2D eigenvalue weighted by Gasteiger charge is 2.09. The summed E-state index contributed by atoms with van der Waals surface area (Å²) in [6, 6.07) is 3.61. The van der Waals surface area contributed by atoms with Crippen molar-refractivity contribution in [3.63, 3.8) is 0 Å². The molecule has 5 nitrogen and oxygen atoms in total. The summed E-state index contributed by atoms with van der Waals surface area (Å²) < 4.78 is 5.29. The number of nitrogen functional groups attached to an aromatic ring is 1. The number of hydrogen-bond acceptors (Lipinski definition) is 4. The molecule has 0 aliphatic carbocycles. The molecule has 0 saturated carbocycles. The highest BCUT2D eigenvalue weighted by atomic mass is 16.5. The molecule has 0 unspecified atom stereocenters. The van der Waals surface area contributed by atoms with Gasteiger partial charge in [0.2, 0.25) is 0 Å². The molecule has 94 valence electrons. The summed E-state index contributed by atoms with van der Waals surface area (Å²) >= 11 is 0. The van der Waals surface area contributed by atoms with Crippen molar-refractivity contribution in [1.29, 1.82) is 0 Å². The molecule has 0 aliphatic rings. The van der Waals surface area contributed by atoms with E-state index in [1.807, 2.05) is 13.8 Å². The van der Waals surface area contributed by atoms with Crippen LogP contribution in [0.25, 0.3) is 0 Å². The molecule has 17 heavy (non-hydrogen) atoms. The zero-order chi connectivity index (χ0) is 12.7. The van der Waals surface area contributed by atoms with E-state index in [-0.39, 0.29) is 18.6 Å². The first-order valence-electron chi connectivity index (χ1n) is 5.80. The number of carbonyl (C=O) groups is 1. The van der Waals surface area contributed by atoms with Gasteiger partial charge in [-0.05, 0) is 25.0 Å². The van der Waals surface area contributed by atoms with Gasteiger partial charge in [-0.25, -0.2) is 4.98 Å². The van der Waals surface area contributed by atoms with E-state index < -0.39 is 0 Å². The summed E-state index contributed by atoms with van der Waals surface area (Å²) in [5.41, 5.74) is 5.59. The number of amides is 1. The molecule has 0 atom stereocenters. The third kappa shape index (κ3) is 4.30. The van der Waals surface area contributed by atoms with Crippen molar-refractivity contribution in [2.24, 2.45) is 0 Å². The second-order valence-corrected chi connectivity index (χ2v) is 3.76. The summed E-state index contributed by atoms with van der Waals surface area (Å²) in [7, 11) is 0. The van der Waals surface area contributed by atoms with E-state index in [0.29, 0.717) is 11.6 Å². The molecule has 1 amide bonds. The highest BCUT2D eigenvalue weighted by Crippen LogP contribution is 2.16. The number of nitrogens with two attached hydrogens (primary N) is 1. The Balaban J connectivity index is 2.41. The van der Waals surface area contributed by atoms with Crippen molar-refractivity contribution in [2.75, 3.05) is 12.3 Å². The topological polar surface area (TPSA) is 77.2 Å². The summed E-state index contributed by atoms with van der Waals surface area (Å²) in [5.74, 6) is 0.594. The Hall–Kier alpha value is -1.78. The zero-order valence-electron chi connectivity index (χ0n) is 10.3. The third-order valence-corrected chi connectivity index (χ3v) is 2.51. The summed E-state index contributed by atoms with van der Waals surface area (Å²) in [4.78, 5) is 15.4. The van der Waals surface area contributed by atoms with Crippen LogP contribution in [0.2, 0.25) is 0 Å². The molecule has 1 heterocycles. The lowest BCUT2D eigenvalue weighted by Gasteiger charge is -2.15. The predicted octanol–water partition coefficient (Wildman–Crippen LogP) is 1.35. The van der Waals surface area contributed by atoms with E-state index in [4.69, 9.17) is 10.5 Å². The van der Waals surface area contributed by atoms with Crippen LogP contribution in [-0.2, 0) is 4.79 Å². The summed E-state index contributed by atoms with van der Waals surface area (Å²) in [5, 5.41) is 2.88. The number of hydrogen-bond donors (Lipinski definition) is 2. The Morgan fingerprint density at radius 2 is 2.24 bits per heavy atom. The maximum absolute atomic E-state index is 11.6. The lowest BCUT2D eigenvalue weighted by molar-refractivity contribution is -0.123. The molecule has 3 N–H and O–H groups in total. The van der Waals surface area contributed by atoms with Gasteiger partial charge in [-0.15, -0.1) is 0 Å². The molecule has 5 heteroatoms. The van der Waals surface area contributed by atoms with E-state index in [0.717, 1.165) is 12.8 Å². The molecule has 0 radical (unpaired) electrons. The standard InChI is InChI=1S/C12H19N3O2/c1-3-9(4-2)15-11(16)8-17-10-6-5-7-14-12(10)13/h5-7,9H,3-4,8H2,1-2H3,(H2,13,14)(H,15,16). The normalized spacial score (nSPS) is 10.3. The molecule has 1 rings (SSSR count). The number of anilines is 1. The lowest BCUT2D eigenvalue weighted by Crippen LogP contribution is -2.37. The largest absolute Gasteiger partial charge is 0.480 e. The van der Waals surface area contributed by atoms with E-state index in [2.05, 4.69) is 10.3 Å². The van der Waals surface area contributed by atoms with Crippen LogP contribution in [0, 0.1) is 0 Å². The van der Waals surface area contributed by atoms with Crippen LogP contribution >= 0.6 is 0 Å². The average molecular weight is 237 g/mol. The number of nitrogens with zero attached hydrogens (tertiary/aromatic N) is 1. The van der Waals surface area contributed by atoms with Crippen molar-refractivity contribution in [2.45, 2.75) is 32.7 Å². The van der Waals surface area contributed by atoms with Crippen LogP contribution in [-0.4, -0.2) is 23.5 Å². The first-order valence-corrected chi connectivity index (χ1v) is 5.80. The fourth-order valence-corrected chi connectivity index (χ4v) is 1.43. The van der Waals surface area contributed by atoms with Gasteiger partial charge in [-0.3, -0.25) is 4.79 Å². The van der Waals surface area contributed by atoms with Crippen LogP contribution in [0.3, 0.4) is 0 Å². The second-order valence-electron chi connectivity index (χ2n) is 3.76. The SMILES string of the molecule is CCC(CC)NC(=O)COc1cccnc1N. The predicted molar refractivity (Wildman–Crippen MR) is 66.7 cm³/mol. The van der Waals surface area contributed by atoms with Gasteiger partial charge in [-0.2, -0.15) is 0 Å². The lowest BCUT2D eigenvalue weighted by atomic mass is 10.2. The average Bonchev–Trinajstić information content (AvgIpc) is 2.35. The minimum atomic E-state index is -0.137. The smallest absolute Gasteiger partial charge is 0.258 e. The van der Waals surface area contributed by atoms with Crippen molar-refractivity contribution in [3.05, 3.63) is 18.3 Å². The number of rotatable bonds is 6. The molecule has 0 aliphatic heterocycles. The molecule has 1 aromatic heterocycles.